The first-order valence-corrected chi connectivity index (χ1v) is 11.0. The molecule has 0 bridgehead atoms. The van der Waals surface area contributed by atoms with Crippen molar-refractivity contribution in [2.75, 3.05) is 56.5 Å². The standard InChI is InChI=1S/C18H24F2N2O7S/c1-26-18(27-2)6-7-21(10-16(18)20)15-5-4-12(8-14(15)19)22-9-13(29-17(22)23)11-28-30(3,24)25/h4-5,8,13,16H,6-7,9-11H2,1-3H3/t13-,16?/m1/s1. The molecule has 0 radical (unpaired) electrons. The van der Waals surface area contributed by atoms with Crippen LogP contribution in [0.2, 0.25) is 0 Å². The first kappa shape index (κ1) is 22.7. The Morgan fingerprint density at radius 1 is 1.27 bits per heavy atom. The van der Waals surface area contributed by atoms with Crippen molar-refractivity contribution in [3.63, 3.8) is 0 Å². The fourth-order valence-corrected chi connectivity index (χ4v) is 3.97. The van der Waals surface area contributed by atoms with Gasteiger partial charge in [-0.05, 0) is 18.2 Å². The fourth-order valence-electron chi connectivity index (χ4n) is 3.57. The van der Waals surface area contributed by atoms with E-state index >= 15 is 0 Å². The molecule has 0 N–H and O–H groups in total. The molecule has 1 unspecified atom stereocenters. The Balaban J connectivity index is 1.69. The minimum absolute atomic E-state index is 0.00755. The van der Waals surface area contributed by atoms with Gasteiger partial charge in [-0.3, -0.25) is 9.08 Å². The number of benzene rings is 1. The van der Waals surface area contributed by atoms with E-state index in [0.717, 1.165) is 12.3 Å². The minimum atomic E-state index is -3.68. The second-order valence-corrected chi connectivity index (χ2v) is 8.77. The van der Waals surface area contributed by atoms with Crippen LogP contribution in [0.3, 0.4) is 0 Å². The monoisotopic (exact) mass is 450 g/mol. The Hall–Kier alpha value is -2.02. The lowest BCUT2D eigenvalue weighted by molar-refractivity contribution is -0.249. The van der Waals surface area contributed by atoms with Crippen molar-refractivity contribution in [3.05, 3.63) is 24.0 Å². The van der Waals surface area contributed by atoms with Crippen LogP contribution in [-0.2, 0) is 28.5 Å². The van der Waals surface area contributed by atoms with E-state index in [1.807, 2.05) is 0 Å². The Bertz CT molecular complexity index is 895. The van der Waals surface area contributed by atoms with E-state index in [9.17, 15) is 22.0 Å². The van der Waals surface area contributed by atoms with Gasteiger partial charge in [0.15, 0.2) is 6.17 Å². The number of amides is 1. The smallest absolute Gasteiger partial charge is 0.414 e. The summed E-state index contributed by atoms with van der Waals surface area (Å²) in [6.45, 7) is -0.120. The number of carbonyl (C=O) groups excluding carboxylic acids is 1. The van der Waals surface area contributed by atoms with E-state index in [-0.39, 0.29) is 37.5 Å². The number of ether oxygens (including phenoxy) is 3. The van der Waals surface area contributed by atoms with Gasteiger partial charge in [-0.2, -0.15) is 8.42 Å². The van der Waals surface area contributed by atoms with Crippen LogP contribution in [-0.4, -0.2) is 79.3 Å². The molecule has 2 heterocycles. The first-order valence-electron chi connectivity index (χ1n) is 9.20. The number of cyclic esters (lactones) is 1. The normalized spacial score (nSPS) is 24.2. The molecule has 168 valence electrons. The molecule has 1 aromatic rings. The van der Waals surface area contributed by atoms with Crippen LogP contribution in [0.1, 0.15) is 6.42 Å². The summed E-state index contributed by atoms with van der Waals surface area (Å²) in [6, 6.07) is 4.12. The summed E-state index contributed by atoms with van der Waals surface area (Å²) in [5.41, 5.74) is 0.423. The van der Waals surface area contributed by atoms with E-state index in [4.69, 9.17) is 14.2 Å². The number of alkyl halides is 1. The predicted molar refractivity (Wildman–Crippen MR) is 103 cm³/mol. The van der Waals surface area contributed by atoms with Crippen molar-refractivity contribution >= 4 is 27.6 Å². The molecule has 0 aromatic heterocycles. The van der Waals surface area contributed by atoms with Gasteiger partial charge < -0.3 is 19.1 Å². The van der Waals surface area contributed by atoms with Crippen molar-refractivity contribution in [2.24, 2.45) is 0 Å². The summed E-state index contributed by atoms with van der Waals surface area (Å²) in [7, 11) is -0.946. The summed E-state index contributed by atoms with van der Waals surface area (Å²) in [5.74, 6) is -1.99. The lowest BCUT2D eigenvalue weighted by Crippen LogP contribution is -2.56. The van der Waals surface area contributed by atoms with Gasteiger partial charge in [-0.1, -0.05) is 0 Å². The third-order valence-corrected chi connectivity index (χ3v) is 5.77. The molecule has 2 aliphatic rings. The van der Waals surface area contributed by atoms with Crippen molar-refractivity contribution in [3.8, 4) is 0 Å². The quantitative estimate of drug-likeness (QED) is 0.457. The number of methoxy groups -OCH3 is 2. The van der Waals surface area contributed by atoms with Gasteiger partial charge in [-0.25, -0.2) is 13.6 Å². The van der Waals surface area contributed by atoms with Crippen molar-refractivity contribution < 1.29 is 40.4 Å². The Labute approximate surface area is 173 Å². The van der Waals surface area contributed by atoms with Crippen LogP contribution in [0.4, 0.5) is 25.0 Å². The highest BCUT2D eigenvalue weighted by Gasteiger charge is 2.45. The maximum Gasteiger partial charge on any atom is 0.414 e. The molecule has 0 saturated carbocycles. The molecule has 0 spiro atoms. The molecule has 0 aliphatic carbocycles. The first-order chi connectivity index (χ1) is 14.1. The Morgan fingerprint density at radius 2 is 1.97 bits per heavy atom. The Morgan fingerprint density at radius 3 is 2.53 bits per heavy atom. The molecular weight excluding hydrogens is 426 g/mol. The topological polar surface area (TPSA) is 94.6 Å². The van der Waals surface area contributed by atoms with Gasteiger partial charge in [0.2, 0.25) is 5.79 Å². The third-order valence-electron chi connectivity index (χ3n) is 5.20. The number of piperidine rings is 1. The molecule has 9 nitrogen and oxygen atoms in total. The Kier molecular flexibility index (Phi) is 6.51. The summed E-state index contributed by atoms with van der Waals surface area (Å²) in [4.78, 5) is 14.8. The number of halogens is 2. The van der Waals surface area contributed by atoms with E-state index in [0.29, 0.717) is 6.54 Å². The van der Waals surface area contributed by atoms with Gasteiger partial charge in [0.25, 0.3) is 10.1 Å². The highest BCUT2D eigenvalue weighted by atomic mass is 32.2. The van der Waals surface area contributed by atoms with Crippen LogP contribution < -0.4 is 9.80 Å². The summed E-state index contributed by atoms with van der Waals surface area (Å²) in [5, 5.41) is 0. The van der Waals surface area contributed by atoms with Crippen LogP contribution >= 0.6 is 0 Å². The summed E-state index contributed by atoms with van der Waals surface area (Å²) < 4.78 is 71.6. The third kappa shape index (κ3) is 4.66. The molecule has 1 amide bonds. The second-order valence-electron chi connectivity index (χ2n) is 7.12. The zero-order valence-corrected chi connectivity index (χ0v) is 17.7. The second kappa shape index (κ2) is 8.61. The summed E-state index contributed by atoms with van der Waals surface area (Å²) >= 11 is 0. The number of nitrogens with zero attached hydrogens (tertiary/aromatic N) is 2. The molecule has 12 heteroatoms. The van der Waals surface area contributed by atoms with Crippen LogP contribution in [0.5, 0.6) is 0 Å². The average molecular weight is 450 g/mol. The summed E-state index contributed by atoms with van der Waals surface area (Å²) in [6.07, 6.45) is -1.93. The van der Waals surface area contributed by atoms with Crippen LogP contribution in [0.15, 0.2) is 18.2 Å². The largest absolute Gasteiger partial charge is 0.441 e. The number of rotatable bonds is 7. The highest BCUT2D eigenvalue weighted by Crippen LogP contribution is 2.34. The van der Waals surface area contributed by atoms with E-state index in [1.54, 1.807) is 4.90 Å². The number of hydrogen-bond donors (Lipinski definition) is 0. The lowest BCUT2D eigenvalue weighted by Gasteiger charge is -2.43. The fraction of sp³-hybridized carbons (Fsp3) is 0.611. The molecule has 2 fully saturated rings. The SMILES string of the molecule is COC1(OC)CCN(c2ccc(N3C[C@H](COS(C)(=O)=O)OC3=O)cc2F)CC1F. The van der Waals surface area contributed by atoms with Gasteiger partial charge >= 0.3 is 6.09 Å². The van der Waals surface area contributed by atoms with Crippen molar-refractivity contribution in [1.29, 1.82) is 0 Å². The van der Waals surface area contributed by atoms with Crippen molar-refractivity contribution in [1.82, 2.24) is 0 Å². The van der Waals surface area contributed by atoms with Gasteiger partial charge in [0, 0.05) is 27.2 Å². The molecule has 30 heavy (non-hydrogen) atoms. The molecule has 1 aromatic carbocycles. The number of hydrogen-bond acceptors (Lipinski definition) is 8. The van der Waals surface area contributed by atoms with E-state index < -0.39 is 40.1 Å². The number of carbonyl (C=O) groups is 1. The minimum Gasteiger partial charge on any atom is -0.441 e. The average Bonchev–Trinajstić information content (AvgIpc) is 3.07. The van der Waals surface area contributed by atoms with E-state index in [2.05, 4.69) is 4.18 Å². The predicted octanol–water partition coefficient (Wildman–Crippen LogP) is 1.66. The molecule has 2 aliphatic heterocycles. The molecule has 2 atom stereocenters. The lowest BCUT2D eigenvalue weighted by atomic mass is 10.0. The van der Waals surface area contributed by atoms with Gasteiger partial charge in [0.05, 0.1) is 30.7 Å². The van der Waals surface area contributed by atoms with Crippen LogP contribution in [0.25, 0.3) is 0 Å². The zero-order chi connectivity index (χ0) is 22.1. The molecule has 3 rings (SSSR count). The van der Waals surface area contributed by atoms with Gasteiger partial charge in [-0.15, -0.1) is 0 Å². The van der Waals surface area contributed by atoms with Crippen molar-refractivity contribution in [2.45, 2.75) is 24.5 Å². The molecular formula is C18H24F2N2O7S. The number of anilines is 2. The maximum atomic E-state index is 14.8. The van der Waals surface area contributed by atoms with E-state index in [1.165, 1.54) is 31.3 Å². The highest BCUT2D eigenvalue weighted by molar-refractivity contribution is 7.85. The zero-order valence-electron chi connectivity index (χ0n) is 16.8. The molecule has 2 saturated heterocycles. The van der Waals surface area contributed by atoms with Gasteiger partial charge in [0.1, 0.15) is 18.5 Å². The van der Waals surface area contributed by atoms with Crippen LogP contribution in [0, 0.1) is 5.82 Å². The maximum absolute atomic E-state index is 14.8.